The highest BCUT2D eigenvalue weighted by Gasteiger charge is 2.26. The highest BCUT2D eigenvalue weighted by Crippen LogP contribution is 2.38. The number of thiol groups is 1. The minimum atomic E-state index is -0.195. The number of anilines is 1. The molecule has 0 radical (unpaired) electrons. The largest absolute Gasteiger partial charge is 0.325 e. The SMILES string of the molecule is O=C(CS)Nc1ccc2c(c1)C(=O)c1cc(Br)ccc1-2. The highest BCUT2D eigenvalue weighted by atomic mass is 79.9. The summed E-state index contributed by atoms with van der Waals surface area (Å²) in [4.78, 5) is 23.7. The smallest absolute Gasteiger partial charge is 0.234 e. The van der Waals surface area contributed by atoms with Crippen LogP contribution in [0.4, 0.5) is 5.69 Å². The van der Waals surface area contributed by atoms with Crippen LogP contribution >= 0.6 is 28.6 Å². The first-order chi connectivity index (χ1) is 9.60. The van der Waals surface area contributed by atoms with Gasteiger partial charge in [-0.05, 0) is 35.4 Å². The Kier molecular flexibility index (Phi) is 3.40. The molecule has 0 bridgehead atoms. The topological polar surface area (TPSA) is 46.2 Å². The van der Waals surface area contributed by atoms with E-state index in [2.05, 4.69) is 33.9 Å². The third-order valence-corrected chi connectivity index (χ3v) is 3.99. The number of hydrogen-bond acceptors (Lipinski definition) is 3. The van der Waals surface area contributed by atoms with Gasteiger partial charge >= 0.3 is 0 Å². The van der Waals surface area contributed by atoms with Crippen molar-refractivity contribution < 1.29 is 9.59 Å². The van der Waals surface area contributed by atoms with E-state index in [1.807, 2.05) is 24.3 Å². The first-order valence-corrected chi connectivity index (χ1v) is 7.42. The van der Waals surface area contributed by atoms with Crippen molar-refractivity contribution in [1.29, 1.82) is 0 Å². The van der Waals surface area contributed by atoms with Gasteiger partial charge in [-0.15, -0.1) is 0 Å². The van der Waals surface area contributed by atoms with Crippen LogP contribution in [0.1, 0.15) is 15.9 Å². The van der Waals surface area contributed by atoms with Crippen molar-refractivity contribution in [2.75, 3.05) is 11.1 Å². The Labute approximate surface area is 129 Å². The lowest BCUT2D eigenvalue weighted by Crippen LogP contribution is -2.12. The number of carbonyl (C=O) groups excluding carboxylic acids is 2. The molecule has 20 heavy (non-hydrogen) atoms. The van der Waals surface area contributed by atoms with E-state index in [4.69, 9.17) is 0 Å². The van der Waals surface area contributed by atoms with Gasteiger partial charge in [-0.2, -0.15) is 12.6 Å². The molecule has 1 aliphatic rings. The fourth-order valence-corrected chi connectivity index (χ4v) is 2.77. The Bertz CT molecular complexity index is 743. The molecule has 3 nitrogen and oxygen atoms in total. The van der Waals surface area contributed by atoms with Crippen LogP contribution < -0.4 is 5.32 Å². The molecule has 3 rings (SSSR count). The van der Waals surface area contributed by atoms with E-state index >= 15 is 0 Å². The highest BCUT2D eigenvalue weighted by molar-refractivity contribution is 9.10. The molecule has 100 valence electrons. The van der Waals surface area contributed by atoms with E-state index in [0.717, 1.165) is 15.6 Å². The zero-order valence-electron chi connectivity index (χ0n) is 10.3. The summed E-state index contributed by atoms with van der Waals surface area (Å²) in [5, 5.41) is 2.70. The molecule has 0 saturated carbocycles. The molecule has 0 saturated heterocycles. The van der Waals surface area contributed by atoms with Crippen LogP contribution in [0.5, 0.6) is 0 Å². The molecule has 2 aromatic rings. The molecule has 1 aliphatic carbocycles. The molecule has 2 aromatic carbocycles. The van der Waals surface area contributed by atoms with Crippen LogP contribution in [0.25, 0.3) is 11.1 Å². The van der Waals surface area contributed by atoms with Crippen LogP contribution in [0.15, 0.2) is 40.9 Å². The van der Waals surface area contributed by atoms with Gasteiger partial charge in [0, 0.05) is 21.3 Å². The number of amides is 1. The summed E-state index contributed by atoms with van der Waals surface area (Å²) in [5.74, 6) is -0.102. The number of ketones is 1. The van der Waals surface area contributed by atoms with Crippen LogP contribution in [0.2, 0.25) is 0 Å². The molecule has 0 heterocycles. The Morgan fingerprint density at radius 2 is 1.70 bits per heavy atom. The molecule has 0 fully saturated rings. The van der Waals surface area contributed by atoms with Gasteiger partial charge < -0.3 is 5.32 Å². The van der Waals surface area contributed by atoms with E-state index in [0.29, 0.717) is 16.8 Å². The van der Waals surface area contributed by atoms with Gasteiger partial charge in [0.05, 0.1) is 5.75 Å². The summed E-state index contributed by atoms with van der Waals surface area (Å²) in [6, 6.07) is 11.0. The second-order valence-electron chi connectivity index (χ2n) is 4.49. The number of halogens is 1. The van der Waals surface area contributed by atoms with Gasteiger partial charge in [0.1, 0.15) is 0 Å². The zero-order chi connectivity index (χ0) is 14.3. The third kappa shape index (κ3) is 2.17. The summed E-state index contributed by atoms with van der Waals surface area (Å²) >= 11 is 7.29. The number of benzene rings is 2. The summed E-state index contributed by atoms with van der Waals surface area (Å²) in [6.45, 7) is 0. The average molecular weight is 348 g/mol. The van der Waals surface area contributed by atoms with Crippen molar-refractivity contribution in [2.45, 2.75) is 0 Å². The lowest BCUT2D eigenvalue weighted by atomic mass is 10.1. The van der Waals surface area contributed by atoms with Crippen molar-refractivity contribution in [3.8, 4) is 11.1 Å². The van der Waals surface area contributed by atoms with Gasteiger partial charge in [0.2, 0.25) is 5.91 Å². The van der Waals surface area contributed by atoms with Crippen molar-refractivity contribution in [2.24, 2.45) is 0 Å². The fourth-order valence-electron chi connectivity index (χ4n) is 2.33. The van der Waals surface area contributed by atoms with Crippen molar-refractivity contribution in [1.82, 2.24) is 0 Å². The molecule has 1 N–H and O–H groups in total. The van der Waals surface area contributed by atoms with Crippen LogP contribution in [-0.2, 0) is 4.79 Å². The first kappa shape index (κ1) is 13.4. The van der Waals surface area contributed by atoms with E-state index in [9.17, 15) is 9.59 Å². The average Bonchev–Trinajstić information content (AvgIpc) is 2.72. The second-order valence-corrected chi connectivity index (χ2v) is 5.72. The summed E-state index contributed by atoms with van der Waals surface area (Å²) in [5.41, 5.74) is 3.76. The minimum absolute atomic E-state index is 0.0155. The van der Waals surface area contributed by atoms with Crippen molar-refractivity contribution >= 4 is 45.9 Å². The van der Waals surface area contributed by atoms with Gasteiger partial charge in [-0.25, -0.2) is 0 Å². The van der Waals surface area contributed by atoms with Gasteiger partial charge in [0.25, 0.3) is 0 Å². The van der Waals surface area contributed by atoms with Crippen molar-refractivity contribution in [3.63, 3.8) is 0 Å². The molecular weight excluding hydrogens is 338 g/mol. The minimum Gasteiger partial charge on any atom is -0.325 e. The Morgan fingerprint density at radius 1 is 1.05 bits per heavy atom. The molecule has 0 aliphatic heterocycles. The monoisotopic (exact) mass is 347 g/mol. The van der Waals surface area contributed by atoms with Crippen LogP contribution in [0.3, 0.4) is 0 Å². The molecular formula is C15H10BrNO2S. The molecule has 0 aromatic heterocycles. The number of nitrogens with one attached hydrogen (secondary N) is 1. The number of hydrogen-bond donors (Lipinski definition) is 2. The van der Waals surface area contributed by atoms with Crippen LogP contribution in [0, 0.1) is 0 Å². The second kappa shape index (κ2) is 5.07. The van der Waals surface area contributed by atoms with Crippen LogP contribution in [-0.4, -0.2) is 17.4 Å². The Hall–Kier alpha value is -1.59. The summed E-state index contributed by atoms with van der Waals surface area (Å²) in [7, 11) is 0. The molecule has 0 unspecified atom stereocenters. The third-order valence-electron chi connectivity index (χ3n) is 3.21. The Balaban J connectivity index is 2.06. The predicted molar refractivity (Wildman–Crippen MR) is 85.5 cm³/mol. The van der Waals surface area contributed by atoms with E-state index < -0.39 is 0 Å². The van der Waals surface area contributed by atoms with Crippen molar-refractivity contribution in [3.05, 3.63) is 52.0 Å². The normalized spacial score (nSPS) is 12.0. The molecule has 1 amide bonds. The summed E-state index contributed by atoms with van der Waals surface area (Å²) < 4.78 is 0.876. The molecule has 0 atom stereocenters. The number of fused-ring (bicyclic) bond motifs is 3. The molecule has 0 spiro atoms. The molecule has 5 heteroatoms. The van der Waals surface area contributed by atoms with E-state index in [1.165, 1.54) is 0 Å². The zero-order valence-corrected chi connectivity index (χ0v) is 12.8. The van der Waals surface area contributed by atoms with E-state index in [-0.39, 0.29) is 17.4 Å². The first-order valence-electron chi connectivity index (χ1n) is 5.99. The summed E-state index contributed by atoms with van der Waals surface area (Å²) in [6.07, 6.45) is 0. The lowest BCUT2D eigenvalue weighted by Gasteiger charge is -2.05. The van der Waals surface area contributed by atoms with E-state index in [1.54, 1.807) is 12.1 Å². The lowest BCUT2D eigenvalue weighted by molar-refractivity contribution is -0.113. The number of carbonyl (C=O) groups is 2. The van der Waals surface area contributed by atoms with Gasteiger partial charge in [-0.1, -0.05) is 28.1 Å². The maximum atomic E-state index is 12.4. The fraction of sp³-hybridized carbons (Fsp3) is 0.0667. The maximum Gasteiger partial charge on any atom is 0.234 e. The standard InChI is InChI=1S/C15H10BrNO2S/c16-8-1-3-10-11-4-2-9(17-14(18)7-20)6-13(11)15(19)12(10)5-8/h1-6,20H,7H2,(H,17,18). The predicted octanol–water partition coefficient (Wildman–Crippen LogP) is 3.53. The Morgan fingerprint density at radius 3 is 2.40 bits per heavy atom. The van der Waals surface area contributed by atoms with Gasteiger partial charge in [-0.3, -0.25) is 9.59 Å². The van der Waals surface area contributed by atoms with Gasteiger partial charge in [0.15, 0.2) is 5.78 Å². The number of rotatable bonds is 2. The quantitative estimate of drug-likeness (QED) is 0.696. The maximum absolute atomic E-state index is 12.4.